The Morgan fingerprint density at radius 2 is 1.78 bits per heavy atom. The summed E-state index contributed by atoms with van der Waals surface area (Å²) in [6, 6.07) is 18.0. The van der Waals surface area contributed by atoms with Crippen molar-refractivity contribution in [2.24, 2.45) is 0 Å². The zero-order valence-corrected chi connectivity index (χ0v) is 18.9. The number of carboxylic acid groups (broad SMARTS) is 1. The average Bonchev–Trinajstić information content (AvgIpc) is 3.59. The lowest BCUT2D eigenvalue weighted by Crippen LogP contribution is -2.34. The maximum Gasteiger partial charge on any atom is 0.335 e. The molecule has 32 heavy (non-hydrogen) atoms. The average molecular weight is 472 g/mol. The largest absolute Gasteiger partial charge is 0.487 e. The van der Waals surface area contributed by atoms with Gasteiger partial charge in [0.05, 0.1) is 16.1 Å². The molecule has 1 fully saturated rings. The van der Waals surface area contributed by atoms with E-state index in [2.05, 4.69) is 0 Å². The van der Waals surface area contributed by atoms with Gasteiger partial charge < -0.3 is 9.84 Å². The predicted molar refractivity (Wildman–Crippen MR) is 123 cm³/mol. The quantitative estimate of drug-likeness (QED) is 0.483. The maximum atomic E-state index is 13.6. The lowest BCUT2D eigenvalue weighted by atomic mass is 10.1. The van der Waals surface area contributed by atoms with Crippen LogP contribution in [0.2, 0.25) is 5.02 Å². The first-order valence-corrected chi connectivity index (χ1v) is 11.9. The third-order valence-corrected chi connectivity index (χ3v) is 7.53. The molecule has 1 N–H and O–H groups in total. The number of hydrogen-bond donors (Lipinski definition) is 1. The summed E-state index contributed by atoms with van der Waals surface area (Å²) in [6.45, 7) is 1.91. The van der Waals surface area contributed by atoms with Crippen molar-refractivity contribution >= 4 is 33.3 Å². The molecule has 0 unspecified atom stereocenters. The second-order valence-corrected chi connectivity index (χ2v) is 9.92. The van der Waals surface area contributed by atoms with Crippen LogP contribution in [0.25, 0.3) is 0 Å². The Kier molecular flexibility index (Phi) is 6.13. The number of aromatic carboxylic acids is 1. The highest BCUT2D eigenvalue weighted by Crippen LogP contribution is 2.42. The zero-order chi connectivity index (χ0) is 22.9. The van der Waals surface area contributed by atoms with Gasteiger partial charge in [0.25, 0.3) is 10.0 Å². The van der Waals surface area contributed by atoms with Crippen LogP contribution in [-0.2, 0) is 16.6 Å². The van der Waals surface area contributed by atoms with Crippen molar-refractivity contribution < 1.29 is 23.1 Å². The Balaban J connectivity index is 1.68. The van der Waals surface area contributed by atoms with E-state index in [4.69, 9.17) is 21.4 Å². The molecule has 0 spiro atoms. The molecule has 4 rings (SSSR count). The number of anilines is 1. The molecule has 1 aliphatic rings. The Morgan fingerprint density at radius 1 is 1.09 bits per heavy atom. The number of rotatable bonds is 8. The van der Waals surface area contributed by atoms with Crippen LogP contribution in [0.5, 0.6) is 5.75 Å². The number of ether oxygens (including phenoxy) is 1. The van der Waals surface area contributed by atoms with E-state index < -0.39 is 16.0 Å². The molecule has 0 aliphatic heterocycles. The summed E-state index contributed by atoms with van der Waals surface area (Å²) in [6.07, 6.45) is 1.54. The fourth-order valence-electron chi connectivity index (χ4n) is 3.47. The van der Waals surface area contributed by atoms with Gasteiger partial charge in [-0.05, 0) is 61.2 Å². The third kappa shape index (κ3) is 4.59. The number of hydrogen-bond acceptors (Lipinski definition) is 4. The topological polar surface area (TPSA) is 83.9 Å². The van der Waals surface area contributed by atoms with Crippen LogP contribution >= 0.6 is 11.6 Å². The van der Waals surface area contributed by atoms with Crippen molar-refractivity contribution in [2.75, 3.05) is 4.31 Å². The van der Waals surface area contributed by atoms with Crippen LogP contribution < -0.4 is 9.04 Å². The van der Waals surface area contributed by atoms with Crippen molar-refractivity contribution in [3.8, 4) is 5.75 Å². The van der Waals surface area contributed by atoms with Crippen molar-refractivity contribution in [3.05, 3.63) is 88.4 Å². The van der Waals surface area contributed by atoms with Gasteiger partial charge in [0.2, 0.25) is 0 Å². The molecule has 0 aromatic heterocycles. The van der Waals surface area contributed by atoms with Gasteiger partial charge in [0.15, 0.2) is 0 Å². The molecule has 3 aromatic carbocycles. The van der Waals surface area contributed by atoms with Crippen LogP contribution in [-0.4, -0.2) is 25.5 Å². The lowest BCUT2D eigenvalue weighted by Gasteiger charge is -2.27. The summed E-state index contributed by atoms with van der Waals surface area (Å²) in [5, 5.41) is 9.48. The molecule has 1 aliphatic carbocycles. The minimum Gasteiger partial charge on any atom is -0.487 e. The summed E-state index contributed by atoms with van der Waals surface area (Å²) in [4.78, 5) is 11.3. The summed E-state index contributed by atoms with van der Waals surface area (Å²) in [7, 11) is -3.81. The number of benzene rings is 3. The highest BCUT2D eigenvalue weighted by atomic mass is 35.5. The van der Waals surface area contributed by atoms with Gasteiger partial charge >= 0.3 is 5.97 Å². The molecule has 0 heterocycles. The van der Waals surface area contributed by atoms with Gasteiger partial charge in [-0.2, -0.15) is 0 Å². The van der Waals surface area contributed by atoms with Gasteiger partial charge in [0.1, 0.15) is 12.4 Å². The fourth-order valence-corrected chi connectivity index (χ4v) is 5.59. The Labute approximate surface area is 192 Å². The number of nitrogens with zero attached hydrogens (tertiary/aromatic N) is 1. The number of carbonyl (C=O) groups is 1. The molecular formula is C24H22ClNO5S. The van der Waals surface area contributed by atoms with Crippen LogP contribution in [0.1, 0.15) is 34.3 Å². The smallest absolute Gasteiger partial charge is 0.335 e. The standard InChI is InChI=1S/C24H22ClNO5S/c1-16-4-2-3-5-23(16)32(29,30)26(20-11-12-20)21-13-10-19(25)14-22(21)31-15-17-6-8-18(9-7-17)24(27)28/h2-10,13-14,20H,11-12,15H2,1H3,(H,27,28). The molecule has 3 aromatic rings. The van der Waals surface area contributed by atoms with E-state index in [1.807, 2.05) is 6.07 Å². The third-order valence-electron chi connectivity index (χ3n) is 5.26. The van der Waals surface area contributed by atoms with Gasteiger partial charge in [-0.15, -0.1) is 0 Å². The SMILES string of the molecule is Cc1ccccc1S(=O)(=O)N(c1ccc(Cl)cc1OCc1ccc(C(=O)O)cc1)C1CC1. The molecule has 0 amide bonds. The second kappa shape index (κ2) is 8.84. The van der Waals surface area contributed by atoms with Crippen LogP contribution in [0.3, 0.4) is 0 Å². The van der Waals surface area contributed by atoms with Crippen LogP contribution in [0.15, 0.2) is 71.6 Å². The minimum absolute atomic E-state index is 0.135. The highest BCUT2D eigenvalue weighted by molar-refractivity contribution is 7.93. The normalized spacial score (nSPS) is 13.6. The molecule has 8 heteroatoms. The summed E-state index contributed by atoms with van der Waals surface area (Å²) in [5.74, 6) is -0.653. The van der Waals surface area contributed by atoms with E-state index >= 15 is 0 Å². The molecule has 1 saturated carbocycles. The number of aryl methyl sites for hydroxylation is 1. The molecule has 0 atom stereocenters. The maximum absolute atomic E-state index is 13.6. The van der Waals surface area contributed by atoms with E-state index in [0.717, 1.165) is 18.4 Å². The van der Waals surface area contributed by atoms with E-state index in [-0.39, 0.29) is 23.1 Å². The first kappa shape index (κ1) is 22.2. The van der Waals surface area contributed by atoms with E-state index in [9.17, 15) is 13.2 Å². The van der Waals surface area contributed by atoms with Crippen molar-refractivity contribution in [2.45, 2.75) is 37.3 Å². The van der Waals surface area contributed by atoms with Crippen LogP contribution in [0, 0.1) is 6.92 Å². The van der Waals surface area contributed by atoms with Crippen molar-refractivity contribution in [1.29, 1.82) is 0 Å². The van der Waals surface area contributed by atoms with Gasteiger partial charge in [0, 0.05) is 17.1 Å². The van der Waals surface area contributed by atoms with E-state index in [0.29, 0.717) is 22.0 Å². The monoisotopic (exact) mass is 471 g/mol. The predicted octanol–water partition coefficient (Wildman–Crippen LogP) is 5.28. The number of carboxylic acids is 1. The highest BCUT2D eigenvalue weighted by Gasteiger charge is 2.40. The van der Waals surface area contributed by atoms with E-state index in [1.54, 1.807) is 55.5 Å². The van der Waals surface area contributed by atoms with Crippen molar-refractivity contribution in [1.82, 2.24) is 0 Å². The number of halogens is 1. The molecule has 0 radical (unpaired) electrons. The van der Waals surface area contributed by atoms with Gasteiger partial charge in [-0.3, -0.25) is 4.31 Å². The lowest BCUT2D eigenvalue weighted by molar-refractivity contribution is 0.0697. The van der Waals surface area contributed by atoms with E-state index in [1.165, 1.54) is 16.4 Å². The first-order valence-electron chi connectivity index (χ1n) is 10.1. The van der Waals surface area contributed by atoms with Gasteiger partial charge in [-0.1, -0.05) is 41.9 Å². The first-order chi connectivity index (χ1) is 15.3. The number of sulfonamides is 1. The molecule has 6 nitrogen and oxygen atoms in total. The Hall–Kier alpha value is -3.03. The molecule has 0 saturated heterocycles. The molecule has 0 bridgehead atoms. The van der Waals surface area contributed by atoms with Crippen LogP contribution in [0.4, 0.5) is 5.69 Å². The van der Waals surface area contributed by atoms with Crippen molar-refractivity contribution in [3.63, 3.8) is 0 Å². The molecule has 166 valence electrons. The van der Waals surface area contributed by atoms with Gasteiger partial charge in [-0.25, -0.2) is 13.2 Å². The Morgan fingerprint density at radius 3 is 2.41 bits per heavy atom. The summed E-state index contributed by atoms with van der Waals surface area (Å²) < 4.78 is 34.7. The Bertz CT molecular complexity index is 1250. The second-order valence-electron chi connectivity index (χ2n) is 7.70. The minimum atomic E-state index is -3.81. The fraction of sp³-hybridized carbons (Fsp3) is 0.208. The zero-order valence-electron chi connectivity index (χ0n) is 17.4. The molecular weight excluding hydrogens is 450 g/mol. The summed E-state index contributed by atoms with van der Waals surface area (Å²) in [5.41, 5.74) is 2.04. The summed E-state index contributed by atoms with van der Waals surface area (Å²) >= 11 is 6.20.